The Balaban J connectivity index is 2.45. The molecule has 2 aromatic rings. The van der Waals surface area contributed by atoms with Gasteiger partial charge < -0.3 is 5.73 Å². The van der Waals surface area contributed by atoms with Crippen molar-refractivity contribution in [2.24, 2.45) is 0 Å². The molecule has 0 spiro atoms. The Labute approximate surface area is 105 Å². The minimum absolute atomic E-state index is 0.173. The number of rotatable bonds is 3. The number of nitrogens with one attached hydrogen (secondary N) is 2. The van der Waals surface area contributed by atoms with Gasteiger partial charge in [-0.15, -0.1) is 0 Å². The van der Waals surface area contributed by atoms with Crippen LogP contribution in [0.4, 0.5) is 11.4 Å². The van der Waals surface area contributed by atoms with Gasteiger partial charge in [-0.25, -0.2) is 8.42 Å². The van der Waals surface area contributed by atoms with Crippen LogP contribution in [0.1, 0.15) is 11.1 Å². The van der Waals surface area contributed by atoms with E-state index >= 15 is 0 Å². The van der Waals surface area contributed by atoms with Crippen LogP contribution in [0, 0.1) is 13.8 Å². The number of nitrogen functional groups attached to an aromatic ring is 1. The Kier molecular flexibility index (Phi) is 3.00. The molecule has 0 saturated carbocycles. The molecular formula is C11H14N4O2S. The lowest BCUT2D eigenvalue weighted by Gasteiger charge is -2.12. The second kappa shape index (κ2) is 4.34. The van der Waals surface area contributed by atoms with E-state index < -0.39 is 10.0 Å². The standard InChI is InChI=1S/C11H14N4O2S/c1-7-3-4-10(8(2)11(7)12)18(16,17)15-9-5-13-14-6-9/h3-6,15H,12H2,1-2H3,(H,13,14). The van der Waals surface area contributed by atoms with E-state index in [1.54, 1.807) is 19.1 Å². The van der Waals surface area contributed by atoms with Gasteiger partial charge in [-0.2, -0.15) is 5.10 Å². The molecule has 2 rings (SSSR count). The van der Waals surface area contributed by atoms with Gasteiger partial charge in [-0.1, -0.05) is 6.07 Å². The molecule has 0 saturated heterocycles. The van der Waals surface area contributed by atoms with E-state index in [9.17, 15) is 8.42 Å². The highest BCUT2D eigenvalue weighted by Crippen LogP contribution is 2.25. The van der Waals surface area contributed by atoms with Crippen molar-refractivity contribution in [1.82, 2.24) is 10.2 Å². The van der Waals surface area contributed by atoms with Gasteiger partial charge >= 0.3 is 0 Å². The van der Waals surface area contributed by atoms with Crippen molar-refractivity contribution in [3.63, 3.8) is 0 Å². The number of hydrogen-bond acceptors (Lipinski definition) is 4. The molecule has 0 aliphatic carbocycles. The molecule has 1 heterocycles. The Morgan fingerprint density at radius 3 is 2.67 bits per heavy atom. The zero-order chi connectivity index (χ0) is 13.3. The second-order valence-corrected chi connectivity index (χ2v) is 5.66. The van der Waals surface area contributed by atoms with Crippen molar-refractivity contribution in [2.45, 2.75) is 18.7 Å². The highest BCUT2D eigenvalue weighted by atomic mass is 32.2. The quantitative estimate of drug-likeness (QED) is 0.731. The fraction of sp³-hybridized carbons (Fsp3) is 0.182. The Morgan fingerprint density at radius 1 is 1.33 bits per heavy atom. The third kappa shape index (κ3) is 2.17. The third-order valence-corrected chi connectivity index (χ3v) is 4.25. The van der Waals surface area contributed by atoms with Gasteiger partial charge in [0, 0.05) is 11.9 Å². The second-order valence-electron chi connectivity index (χ2n) is 4.01. The first kappa shape index (κ1) is 12.4. The van der Waals surface area contributed by atoms with Crippen molar-refractivity contribution in [3.8, 4) is 0 Å². The summed E-state index contributed by atoms with van der Waals surface area (Å²) in [6.45, 7) is 3.52. The number of H-pyrrole nitrogens is 1. The van der Waals surface area contributed by atoms with E-state index in [1.165, 1.54) is 12.4 Å². The summed E-state index contributed by atoms with van der Waals surface area (Å²) < 4.78 is 26.8. The zero-order valence-corrected chi connectivity index (χ0v) is 10.9. The number of aryl methyl sites for hydroxylation is 1. The number of benzene rings is 1. The summed E-state index contributed by atoms with van der Waals surface area (Å²) in [5.41, 5.74) is 8.12. The smallest absolute Gasteiger partial charge is 0.262 e. The number of nitrogens with zero attached hydrogens (tertiary/aromatic N) is 1. The summed E-state index contributed by atoms with van der Waals surface area (Å²) in [5, 5.41) is 6.21. The average Bonchev–Trinajstić information content (AvgIpc) is 2.77. The van der Waals surface area contributed by atoms with E-state index in [-0.39, 0.29) is 4.90 Å². The van der Waals surface area contributed by atoms with E-state index in [4.69, 9.17) is 5.73 Å². The molecule has 0 unspecified atom stereocenters. The molecule has 1 aromatic heterocycles. The molecule has 18 heavy (non-hydrogen) atoms. The first-order valence-corrected chi connectivity index (χ1v) is 6.77. The molecule has 0 atom stereocenters. The highest BCUT2D eigenvalue weighted by Gasteiger charge is 2.19. The van der Waals surface area contributed by atoms with Crippen LogP contribution in [-0.4, -0.2) is 18.6 Å². The summed E-state index contributed by atoms with van der Waals surface area (Å²) in [5.74, 6) is 0. The summed E-state index contributed by atoms with van der Waals surface area (Å²) in [4.78, 5) is 0.173. The molecule has 0 fully saturated rings. The van der Waals surface area contributed by atoms with Crippen LogP contribution in [0.15, 0.2) is 29.4 Å². The van der Waals surface area contributed by atoms with Crippen molar-refractivity contribution in [2.75, 3.05) is 10.5 Å². The first-order chi connectivity index (χ1) is 8.42. The first-order valence-electron chi connectivity index (χ1n) is 5.29. The van der Waals surface area contributed by atoms with Crippen LogP contribution in [0.2, 0.25) is 0 Å². The zero-order valence-electron chi connectivity index (χ0n) is 10.1. The van der Waals surface area contributed by atoms with Gasteiger partial charge in [0.25, 0.3) is 10.0 Å². The van der Waals surface area contributed by atoms with E-state index in [0.29, 0.717) is 16.9 Å². The molecule has 4 N–H and O–H groups in total. The van der Waals surface area contributed by atoms with Gasteiger partial charge in [0.2, 0.25) is 0 Å². The normalized spacial score (nSPS) is 11.4. The van der Waals surface area contributed by atoms with Crippen LogP contribution in [0.5, 0.6) is 0 Å². The van der Waals surface area contributed by atoms with Gasteiger partial charge in [0.05, 0.1) is 16.8 Å². The maximum absolute atomic E-state index is 12.2. The number of nitrogens with two attached hydrogens (primary N) is 1. The van der Waals surface area contributed by atoms with E-state index in [0.717, 1.165) is 5.56 Å². The lowest BCUT2D eigenvalue weighted by atomic mass is 10.1. The highest BCUT2D eigenvalue weighted by molar-refractivity contribution is 7.92. The van der Waals surface area contributed by atoms with Gasteiger partial charge in [0.15, 0.2) is 0 Å². The van der Waals surface area contributed by atoms with Crippen molar-refractivity contribution in [1.29, 1.82) is 0 Å². The molecule has 0 aliphatic rings. The number of anilines is 2. The van der Waals surface area contributed by atoms with Crippen LogP contribution in [0.25, 0.3) is 0 Å². The van der Waals surface area contributed by atoms with Crippen molar-refractivity contribution >= 4 is 21.4 Å². The molecule has 0 radical (unpaired) electrons. The van der Waals surface area contributed by atoms with Gasteiger partial charge in [-0.05, 0) is 31.0 Å². The molecule has 6 nitrogen and oxygen atoms in total. The monoisotopic (exact) mass is 266 g/mol. The fourth-order valence-electron chi connectivity index (χ4n) is 1.65. The van der Waals surface area contributed by atoms with Crippen molar-refractivity contribution in [3.05, 3.63) is 35.7 Å². The van der Waals surface area contributed by atoms with Crippen LogP contribution in [-0.2, 0) is 10.0 Å². The van der Waals surface area contributed by atoms with Gasteiger partial charge in [0.1, 0.15) is 0 Å². The SMILES string of the molecule is Cc1ccc(S(=O)(=O)Nc2cn[nH]c2)c(C)c1N. The summed E-state index contributed by atoms with van der Waals surface area (Å²) in [7, 11) is -3.64. The largest absolute Gasteiger partial charge is 0.398 e. The molecule has 96 valence electrons. The Morgan fingerprint density at radius 2 is 2.06 bits per heavy atom. The summed E-state index contributed by atoms with van der Waals surface area (Å²) in [6, 6.07) is 3.23. The topological polar surface area (TPSA) is 101 Å². The number of aromatic amines is 1. The predicted octanol–water partition coefficient (Wildman–Crippen LogP) is 1.41. The fourth-order valence-corrected chi connectivity index (χ4v) is 2.94. The van der Waals surface area contributed by atoms with E-state index in [1.807, 2.05) is 6.92 Å². The predicted molar refractivity (Wildman–Crippen MR) is 69.7 cm³/mol. The number of sulfonamides is 1. The van der Waals surface area contributed by atoms with Crippen LogP contribution >= 0.6 is 0 Å². The van der Waals surface area contributed by atoms with Crippen LogP contribution in [0.3, 0.4) is 0 Å². The maximum Gasteiger partial charge on any atom is 0.262 e. The van der Waals surface area contributed by atoms with E-state index in [2.05, 4.69) is 14.9 Å². The minimum atomic E-state index is -3.64. The number of aromatic nitrogens is 2. The van der Waals surface area contributed by atoms with Crippen molar-refractivity contribution < 1.29 is 8.42 Å². The number of hydrogen-bond donors (Lipinski definition) is 3. The molecule has 0 aliphatic heterocycles. The summed E-state index contributed by atoms with van der Waals surface area (Å²) >= 11 is 0. The minimum Gasteiger partial charge on any atom is -0.398 e. The molecule has 0 amide bonds. The van der Waals surface area contributed by atoms with Gasteiger partial charge in [-0.3, -0.25) is 9.82 Å². The maximum atomic E-state index is 12.2. The Hall–Kier alpha value is -2.02. The molecular weight excluding hydrogens is 252 g/mol. The average molecular weight is 266 g/mol. The lowest BCUT2D eigenvalue weighted by Crippen LogP contribution is -2.15. The lowest BCUT2D eigenvalue weighted by molar-refractivity contribution is 0.600. The Bertz CT molecular complexity index is 663. The molecule has 0 bridgehead atoms. The van der Waals surface area contributed by atoms with Crippen LogP contribution < -0.4 is 10.5 Å². The third-order valence-electron chi connectivity index (χ3n) is 2.72. The molecule has 1 aromatic carbocycles. The summed E-state index contributed by atoms with van der Waals surface area (Å²) in [6.07, 6.45) is 2.86. The molecule has 7 heteroatoms.